The number of anilines is 2. The fourth-order valence-corrected chi connectivity index (χ4v) is 1.46. The van der Waals surface area contributed by atoms with Gasteiger partial charge in [0.2, 0.25) is 0 Å². The summed E-state index contributed by atoms with van der Waals surface area (Å²) in [6.45, 7) is 5.92. The number of halogens is 2. The molecule has 0 amide bonds. The van der Waals surface area contributed by atoms with Gasteiger partial charge in [-0.3, -0.25) is 0 Å². The van der Waals surface area contributed by atoms with Gasteiger partial charge in [-0.05, 0) is 12.8 Å². The first-order chi connectivity index (χ1) is 8.49. The third-order valence-electron chi connectivity index (χ3n) is 2.60. The molecule has 0 aliphatic carbocycles. The van der Waals surface area contributed by atoms with Gasteiger partial charge in [-0.25, -0.2) is 13.8 Å². The molecule has 0 saturated heterocycles. The number of pyridine rings is 1. The topological polar surface area (TPSA) is 57.2 Å². The molecule has 6 heteroatoms. The Morgan fingerprint density at radius 2 is 1.89 bits per heavy atom. The summed E-state index contributed by atoms with van der Waals surface area (Å²) in [7, 11) is 0. The lowest BCUT2D eigenvalue weighted by molar-refractivity contribution is 0.248. The predicted molar refractivity (Wildman–Crippen MR) is 67.7 cm³/mol. The van der Waals surface area contributed by atoms with Crippen LogP contribution in [-0.4, -0.2) is 29.3 Å². The molecule has 4 nitrogen and oxygen atoms in total. The summed E-state index contributed by atoms with van der Waals surface area (Å²) in [6.07, 6.45) is 0. The number of nitrogens with one attached hydrogen (secondary N) is 2. The first kappa shape index (κ1) is 14.6. The van der Waals surface area contributed by atoms with Crippen molar-refractivity contribution in [3.8, 4) is 0 Å². The quantitative estimate of drug-likeness (QED) is 0.733. The Labute approximate surface area is 105 Å². The first-order valence-electron chi connectivity index (χ1n) is 5.96. The van der Waals surface area contributed by atoms with Gasteiger partial charge in [0.15, 0.2) is 23.3 Å². The van der Waals surface area contributed by atoms with Crippen LogP contribution in [0.15, 0.2) is 6.07 Å². The molecule has 1 heterocycles. The second-order valence-corrected chi connectivity index (χ2v) is 4.36. The number of aliphatic hydroxyl groups excluding tert-OH is 1. The Bertz CT molecular complexity index is 399. The Kier molecular flexibility index (Phi) is 5.27. The van der Waals surface area contributed by atoms with Gasteiger partial charge in [0.25, 0.3) is 0 Å². The summed E-state index contributed by atoms with van der Waals surface area (Å²) >= 11 is 0. The van der Waals surface area contributed by atoms with Gasteiger partial charge < -0.3 is 15.7 Å². The molecule has 0 aromatic carbocycles. The maximum absolute atomic E-state index is 13.6. The van der Waals surface area contributed by atoms with Crippen molar-refractivity contribution in [3.05, 3.63) is 17.7 Å². The van der Waals surface area contributed by atoms with Gasteiger partial charge in [-0.15, -0.1) is 0 Å². The third kappa shape index (κ3) is 3.53. The molecule has 0 saturated carbocycles. The van der Waals surface area contributed by atoms with Crippen LogP contribution in [-0.2, 0) is 0 Å². The van der Waals surface area contributed by atoms with Crippen molar-refractivity contribution in [3.63, 3.8) is 0 Å². The molecule has 0 aliphatic heterocycles. The Morgan fingerprint density at radius 3 is 2.39 bits per heavy atom. The van der Waals surface area contributed by atoms with E-state index in [9.17, 15) is 13.9 Å². The summed E-state index contributed by atoms with van der Waals surface area (Å²) in [5.74, 6) is -1.45. The molecule has 0 aliphatic rings. The number of nitrogens with zero attached hydrogens (tertiary/aromatic N) is 1. The van der Waals surface area contributed by atoms with Crippen molar-refractivity contribution in [2.75, 3.05) is 23.8 Å². The Hall–Kier alpha value is -1.43. The van der Waals surface area contributed by atoms with Gasteiger partial charge in [0.05, 0.1) is 12.6 Å². The van der Waals surface area contributed by atoms with Gasteiger partial charge in [0.1, 0.15) is 0 Å². The SMILES string of the molecule is CCNc1nc(NC(CO)C(C)C)c(F)cc1F. The highest BCUT2D eigenvalue weighted by molar-refractivity contribution is 5.48. The average Bonchev–Trinajstić information content (AvgIpc) is 2.30. The molecule has 0 fully saturated rings. The fourth-order valence-electron chi connectivity index (χ4n) is 1.46. The first-order valence-corrected chi connectivity index (χ1v) is 5.96. The van der Waals surface area contributed by atoms with E-state index in [4.69, 9.17) is 0 Å². The molecule has 102 valence electrons. The molecule has 1 rings (SSSR count). The van der Waals surface area contributed by atoms with Crippen LogP contribution in [0, 0.1) is 17.6 Å². The Morgan fingerprint density at radius 1 is 1.28 bits per heavy atom. The van der Waals surface area contributed by atoms with Crippen LogP contribution >= 0.6 is 0 Å². The van der Waals surface area contributed by atoms with Crippen molar-refractivity contribution in [2.45, 2.75) is 26.8 Å². The molecule has 18 heavy (non-hydrogen) atoms. The smallest absolute Gasteiger partial charge is 0.168 e. The lowest BCUT2D eigenvalue weighted by Crippen LogP contribution is -2.30. The normalized spacial score (nSPS) is 12.6. The number of rotatable bonds is 6. The molecule has 0 bridgehead atoms. The molecule has 1 aromatic heterocycles. The summed E-state index contributed by atoms with van der Waals surface area (Å²) in [6, 6.07) is 0.453. The van der Waals surface area contributed by atoms with Gasteiger partial charge >= 0.3 is 0 Å². The van der Waals surface area contributed by atoms with Gasteiger partial charge in [-0.2, -0.15) is 0 Å². The van der Waals surface area contributed by atoms with E-state index in [1.807, 2.05) is 13.8 Å². The molecular formula is C12H19F2N3O. The highest BCUT2D eigenvalue weighted by Crippen LogP contribution is 2.20. The Balaban J connectivity index is 2.97. The van der Waals surface area contributed by atoms with Crippen LogP contribution < -0.4 is 10.6 Å². The fraction of sp³-hybridized carbons (Fsp3) is 0.583. The summed E-state index contributed by atoms with van der Waals surface area (Å²) < 4.78 is 26.9. The van der Waals surface area contributed by atoms with E-state index in [2.05, 4.69) is 15.6 Å². The molecular weight excluding hydrogens is 240 g/mol. The van der Waals surface area contributed by atoms with E-state index in [0.717, 1.165) is 6.07 Å². The third-order valence-corrected chi connectivity index (χ3v) is 2.60. The van der Waals surface area contributed by atoms with Gasteiger partial charge in [0, 0.05) is 12.6 Å². The summed E-state index contributed by atoms with van der Waals surface area (Å²) in [4.78, 5) is 3.85. The van der Waals surface area contributed by atoms with E-state index in [1.165, 1.54) is 0 Å². The van der Waals surface area contributed by atoms with Crippen molar-refractivity contribution in [1.29, 1.82) is 0 Å². The molecule has 3 N–H and O–H groups in total. The molecule has 1 unspecified atom stereocenters. The predicted octanol–water partition coefficient (Wildman–Crippen LogP) is 2.22. The van der Waals surface area contributed by atoms with Gasteiger partial charge in [-0.1, -0.05) is 13.8 Å². The van der Waals surface area contributed by atoms with E-state index < -0.39 is 11.6 Å². The molecule has 1 atom stereocenters. The minimum atomic E-state index is -0.770. The van der Waals surface area contributed by atoms with E-state index in [-0.39, 0.29) is 30.2 Å². The lowest BCUT2D eigenvalue weighted by Gasteiger charge is -2.21. The standard InChI is InChI=1S/C12H19F2N3O/c1-4-15-11-8(13)5-9(14)12(17-11)16-10(6-18)7(2)3/h5,7,10,18H,4,6H2,1-3H3,(H2,15,16,17). The zero-order chi connectivity index (χ0) is 13.7. The maximum Gasteiger partial charge on any atom is 0.168 e. The van der Waals surface area contributed by atoms with Crippen LogP contribution in [0.25, 0.3) is 0 Å². The largest absolute Gasteiger partial charge is 0.394 e. The number of aromatic nitrogens is 1. The number of aliphatic hydroxyl groups is 1. The van der Waals surface area contributed by atoms with Crippen LogP contribution in [0.3, 0.4) is 0 Å². The highest BCUT2D eigenvalue weighted by atomic mass is 19.1. The van der Waals surface area contributed by atoms with Crippen LogP contribution in [0.1, 0.15) is 20.8 Å². The van der Waals surface area contributed by atoms with Crippen molar-refractivity contribution in [2.24, 2.45) is 5.92 Å². The highest BCUT2D eigenvalue weighted by Gasteiger charge is 2.17. The number of hydrogen-bond acceptors (Lipinski definition) is 4. The monoisotopic (exact) mass is 259 g/mol. The minimum Gasteiger partial charge on any atom is -0.394 e. The number of hydrogen-bond donors (Lipinski definition) is 3. The second kappa shape index (κ2) is 6.49. The van der Waals surface area contributed by atoms with Crippen molar-refractivity contribution >= 4 is 11.6 Å². The van der Waals surface area contributed by atoms with E-state index in [1.54, 1.807) is 6.92 Å². The average molecular weight is 259 g/mol. The zero-order valence-corrected chi connectivity index (χ0v) is 10.8. The van der Waals surface area contributed by atoms with E-state index in [0.29, 0.717) is 6.54 Å². The van der Waals surface area contributed by atoms with Crippen LogP contribution in [0.2, 0.25) is 0 Å². The molecule has 0 radical (unpaired) electrons. The maximum atomic E-state index is 13.6. The molecule has 1 aromatic rings. The zero-order valence-electron chi connectivity index (χ0n) is 10.8. The summed E-state index contributed by atoms with van der Waals surface area (Å²) in [5, 5.41) is 14.7. The van der Waals surface area contributed by atoms with Crippen LogP contribution in [0.5, 0.6) is 0 Å². The molecule has 0 spiro atoms. The van der Waals surface area contributed by atoms with Crippen molar-refractivity contribution in [1.82, 2.24) is 4.98 Å². The summed E-state index contributed by atoms with van der Waals surface area (Å²) in [5.41, 5.74) is 0. The van der Waals surface area contributed by atoms with Crippen LogP contribution in [0.4, 0.5) is 20.4 Å². The minimum absolute atomic E-state index is 0.00171. The second-order valence-electron chi connectivity index (χ2n) is 4.36. The van der Waals surface area contributed by atoms with Crippen molar-refractivity contribution < 1.29 is 13.9 Å². The lowest BCUT2D eigenvalue weighted by atomic mass is 10.1. The van der Waals surface area contributed by atoms with E-state index >= 15 is 0 Å².